The van der Waals surface area contributed by atoms with E-state index in [-0.39, 0.29) is 5.91 Å². The van der Waals surface area contributed by atoms with Gasteiger partial charge in [0.2, 0.25) is 5.91 Å². The molecule has 2 aromatic rings. The lowest BCUT2D eigenvalue weighted by molar-refractivity contribution is -0.117. The van der Waals surface area contributed by atoms with E-state index in [2.05, 4.69) is 25.1 Å². The Morgan fingerprint density at radius 2 is 1.73 bits per heavy atom. The van der Waals surface area contributed by atoms with Gasteiger partial charge < -0.3 is 0 Å². The third-order valence-electron chi connectivity index (χ3n) is 4.06. The summed E-state index contributed by atoms with van der Waals surface area (Å²) in [6, 6.07) is 18.2. The highest BCUT2D eigenvalue weighted by molar-refractivity contribution is 6.00. The highest BCUT2D eigenvalue weighted by Crippen LogP contribution is 2.29. The molecule has 1 aliphatic rings. The molecule has 2 nitrogen and oxygen atoms in total. The summed E-state index contributed by atoms with van der Waals surface area (Å²) in [5.41, 5.74) is 4.34. The molecule has 2 aromatic carbocycles. The van der Waals surface area contributed by atoms with Crippen LogP contribution < -0.4 is 4.90 Å². The van der Waals surface area contributed by atoms with E-state index in [0.717, 1.165) is 36.2 Å². The van der Waals surface area contributed by atoms with Crippen LogP contribution in [0, 0.1) is 0 Å². The second-order valence-electron chi connectivity index (χ2n) is 5.68. The van der Waals surface area contributed by atoms with Gasteiger partial charge in [-0.15, -0.1) is 0 Å². The lowest BCUT2D eigenvalue weighted by Gasteiger charge is -2.24. The highest BCUT2D eigenvalue weighted by Gasteiger charge is 2.23. The second-order valence-corrected chi connectivity index (χ2v) is 5.68. The van der Waals surface area contributed by atoms with E-state index in [1.807, 2.05) is 47.4 Å². The van der Waals surface area contributed by atoms with E-state index in [4.69, 9.17) is 0 Å². The largest absolute Gasteiger partial charge is 0.285 e. The summed E-state index contributed by atoms with van der Waals surface area (Å²) in [6.07, 6.45) is 5.77. The van der Waals surface area contributed by atoms with Crippen LogP contribution in [0.2, 0.25) is 0 Å². The molecule has 0 bridgehead atoms. The summed E-state index contributed by atoms with van der Waals surface area (Å²) in [5, 5.41) is 0. The normalized spacial score (nSPS) is 14.3. The van der Waals surface area contributed by atoms with Crippen molar-refractivity contribution in [3.8, 4) is 0 Å². The minimum absolute atomic E-state index is 0.151. The van der Waals surface area contributed by atoms with Crippen LogP contribution in [0.25, 0.3) is 6.08 Å². The molecule has 3 rings (SSSR count). The Morgan fingerprint density at radius 1 is 1.00 bits per heavy atom. The third kappa shape index (κ3) is 2.96. The molecule has 0 aromatic heterocycles. The summed E-state index contributed by atoms with van der Waals surface area (Å²) in [7, 11) is 0. The monoisotopic (exact) mass is 291 g/mol. The summed E-state index contributed by atoms with van der Waals surface area (Å²) in [4.78, 5) is 14.7. The molecule has 22 heavy (non-hydrogen) atoms. The third-order valence-corrected chi connectivity index (χ3v) is 4.06. The molecule has 0 unspecified atom stereocenters. The van der Waals surface area contributed by atoms with Crippen molar-refractivity contribution < 1.29 is 4.79 Å². The predicted molar refractivity (Wildman–Crippen MR) is 91.6 cm³/mol. The number of fused-ring (bicyclic) bond motifs is 1. The van der Waals surface area contributed by atoms with Crippen molar-refractivity contribution in [3.63, 3.8) is 0 Å². The van der Waals surface area contributed by atoms with Crippen LogP contribution in [0.15, 0.2) is 60.3 Å². The van der Waals surface area contributed by atoms with Gasteiger partial charge in [-0.1, -0.05) is 55.8 Å². The van der Waals surface area contributed by atoms with Gasteiger partial charge in [0, 0.05) is 11.4 Å². The van der Waals surface area contributed by atoms with Gasteiger partial charge in [-0.2, -0.15) is 0 Å². The van der Waals surface area contributed by atoms with Gasteiger partial charge >= 0.3 is 0 Å². The van der Waals surface area contributed by atoms with Crippen molar-refractivity contribution in [3.05, 3.63) is 71.4 Å². The fourth-order valence-corrected chi connectivity index (χ4v) is 2.91. The zero-order valence-electron chi connectivity index (χ0n) is 13.0. The van der Waals surface area contributed by atoms with Gasteiger partial charge in [0.15, 0.2) is 0 Å². The first-order valence-electron chi connectivity index (χ1n) is 7.96. The molecule has 0 saturated carbocycles. The lowest BCUT2D eigenvalue weighted by Crippen LogP contribution is -2.30. The molecule has 0 aliphatic carbocycles. The number of carbonyl (C=O) groups is 1. The van der Waals surface area contributed by atoms with Crippen molar-refractivity contribution in [2.75, 3.05) is 4.90 Å². The van der Waals surface area contributed by atoms with E-state index in [0.29, 0.717) is 6.42 Å². The molecule has 1 aliphatic heterocycles. The van der Waals surface area contributed by atoms with Gasteiger partial charge in [0.1, 0.15) is 0 Å². The number of amides is 1. The van der Waals surface area contributed by atoms with E-state index >= 15 is 0 Å². The molecule has 1 heterocycles. The van der Waals surface area contributed by atoms with Gasteiger partial charge in [-0.05, 0) is 42.2 Å². The van der Waals surface area contributed by atoms with Gasteiger partial charge in [-0.3, -0.25) is 9.69 Å². The fraction of sp³-hybridized carbons (Fsp3) is 0.250. The fourth-order valence-electron chi connectivity index (χ4n) is 2.91. The number of para-hydroxylation sites is 1. The van der Waals surface area contributed by atoms with Crippen LogP contribution >= 0.6 is 0 Å². The van der Waals surface area contributed by atoms with E-state index in [1.54, 1.807) is 0 Å². The average Bonchev–Trinajstić information content (AvgIpc) is 2.69. The minimum atomic E-state index is 0.151. The molecular weight excluding hydrogens is 270 g/mol. The maximum absolute atomic E-state index is 12.8. The number of rotatable bonds is 4. The summed E-state index contributed by atoms with van der Waals surface area (Å²) < 4.78 is 0. The van der Waals surface area contributed by atoms with E-state index < -0.39 is 0 Å². The number of hydrogen-bond donors (Lipinski definition) is 0. The number of unbranched alkanes of at least 4 members (excludes halogenated alkanes) is 1. The number of benzene rings is 2. The van der Waals surface area contributed by atoms with E-state index in [9.17, 15) is 4.79 Å². The molecule has 1 amide bonds. The Balaban J connectivity index is 2.06. The number of carbonyl (C=O) groups excluding carboxylic acids is 1. The van der Waals surface area contributed by atoms with Crippen LogP contribution in [-0.2, 0) is 11.2 Å². The van der Waals surface area contributed by atoms with Crippen LogP contribution in [-0.4, -0.2) is 5.91 Å². The second kappa shape index (κ2) is 6.61. The standard InChI is InChI=1S/C20H21NO/c1-2-3-11-19-14-16-9-7-8-10-17(16)15-20(22)21(19)18-12-5-4-6-13-18/h4-10,12-14H,2-3,11,15H2,1H3. The molecule has 0 spiro atoms. The van der Waals surface area contributed by atoms with Crippen molar-refractivity contribution in [1.82, 2.24) is 0 Å². The minimum Gasteiger partial charge on any atom is -0.285 e. The molecule has 112 valence electrons. The first-order chi connectivity index (χ1) is 10.8. The molecule has 0 fully saturated rings. The molecule has 0 radical (unpaired) electrons. The first-order valence-corrected chi connectivity index (χ1v) is 7.96. The lowest BCUT2D eigenvalue weighted by atomic mass is 10.0. The first kappa shape index (κ1) is 14.6. The maximum Gasteiger partial charge on any atom is 0.235 e. The Bertz CT molecular complexity index is 688. The Morgan fingerprint density at radius 3 is 2.50 bits per heavy atom. The number of nitrogens with zero attached hydrogens (tertiary/aromatic N) is 1. The smallest absolute Gasteiger partial charge is 0.235 e. The van der Waals surface area contributed by atoms with Crippen molar-refractivity contribution in [2.24, 2.45) is 0 Å². The van der Waals surface area contributed by atoms with Crippen LogP contribution in [0.5, 0.6) is 0 Å². The van der Waals surface area contributed by atoms with Crippen LogP contribution in [0.1, 0.15) is 37.3 Å². The van der Waals surface area contributed by atoms with Crippen molar-refractivity contribution in [2.45, 2.75) is 32.6 Å². The molecular formula is C20H21NO. The Labute approximate surface area is 132 Å². The molecule has 0 saturated heterocycles. The maximum atomic E-state index is 12.8. The number of anilines is 1. The quantitative estimate of drug-likeness (QED) is 0.792. The number of allylic oxidation sites excluding steroid dienone is 1. The summed E-state index contributed by atoms with van der Waals surface area (Å²) >= 11 is 0. The molecule has 2 heteroatoms. The van der Waals surface area contributed by atoms with Crippen molar-refractivity contribution in [1.29, 1.82) is 0 Å². The zero-order valence-corrected chi connectivity index (χ0v) is 13.0. The van der Waals surface area contributed by atoms with Crippen LogP contribution in [0.3, 0.4) is 0 Å². The summed E-state index contributed by atoms with van der Waals surface area (Å²) in [6.45, 7) is 2.18. The summed E-state index contributed by atoms with van der Waals surface area (Å²) in [5.74, 6) is 0.151. The van der Waals surface area contributed by atoms with Crippen LogP contribution in [0.4, 0.5) is 5.69 Å². The Kier molecular flexibility index (Phi) is 4.38. The average molecular weight is 291 g/mol. The predicted octanol–water partition coefficient (Wildman–Crippen LogP) is 4.81. The topological polar surface area (TPSA) is 20.3 Å². The molecule has 0 N–H and O–H groups in total. The molecule has 0 atom stereocenters. The van der Waals surface area contributed by atoms with Gasteiger partial charge in [-0.25, -0.2) is 0 Å². The van der Waals surface area contributed by atoms with Gasteiger partial charge in [0.05, 0.1) is 6.42 Å². The Hall–Kier alpha value is -2.35. The van der Waals surface area contributed by atoms with E-state index in [1.165, 1.54) is 5.56 Å². The van der Waals surface area contributed by atoms with Crippen molar-refractivity contribution >= 4 is 17.7 Å². The zero-order chi connectivity index (χ0) is 15.4. The number of hydrogen-bond acceptors (Lipinski definition) is 1. The highest BCUT2D eigenvalue weighted by atomic mass is 16.2. The SMILES string of the molecule is CCCCC1=Cc2ccccc2CC(=O)N1c1ccccc1. The van der Waals surface area contributed by atoms with Gasteiger partial charge in [0.25, 0.3) is 0 Å².